The van der Waals surface area contributed by atoms with Crippen LogP contribution in [0, 0.1) is 5.82 Å². The third-order valence-corrected chi connectivity index (χ3v) is 6.78. The van der Waals surface area contributed by atoms with E-state index in [1.165, 1.54) is 12.1 Å². The Hall–Kier alpha value is -2.72. The van der Waals surface area contributed by atoms with Gasteiger partial charge in [0, 0.05) is 26.7 Å². The molecular formula is C24H34FN5O4. The molecule has 1 aromatic rings. The number of carbonyl (C=O) groups excluding carboxylic acids is 3. The second-order valence-corrected chi connectivity index (χ2v) is 9.26. The standard InChI is InChI=1S/C24H34FN5O4/c1-3-4-7-20-23(32)28(14-19-6-5-12-34-19)15-21-29(20)22(31)16-27(2)30(21)24(33)26-13-17-8-10-18(25)11-9-17/h8-11,19-21H,3-7,12-16H2,1-2H3,(H,26,33)/t19?,20-,21-/m0/s1. The molecule has 34 heavy (non-hydrogen) atoms. The van der Waals surface area contributed by atoms with E-state index in [-0.39, 0.29) is 49.4 Å². The topological polar surface area (TPSA) is 85.4 Å². The molecule has 1 unspecified atom stereocenters. The van der Waals surface area contributed by atoms with Crippen LogP contribution >= 0.6 is 0 Å². The van der Waals surface area contributed by atoms with E-state index >= 15 is 0 Å². The SMILES string of the molecule is CCCC[C@H]1C(=O)N(CC2CCCO2)C[C@H]2N1C(=O)CN(C)N2C(=O)NCc1ccc(F)cc1. The first-order valence-electron chi connectivity index (χ1n) is 12.1. The van der Waals surface area contributed by atoms with Gasteiger partial charge in [-0.1, -0.05) is 31.9 Å². The van der Waals surface area contributed by atoms with Crippen LogP contribution in [0.25, 0.3) is 0 Å². The summed E-state index contributed by atoms with van der Waals surface area (Å²) < 4.78 is 19.0. The molecule has 3 fully saturated rings. The van der Waals surface area contributed by atoms with Gasteiger partial charge in [0.15, 0.2) is 0 Å². The molecule has 4 rings (SSSR count). The third-order valence-electron chi connectivity index (χ3n) is 6.78. The largest absolute Gasteiger partial charge is 0.376 e. The maximum Gasteiger partial charge on any atom is 0.334 e. The van der Waals surface area contributed by atoms with Gasteiger partial charge >= 0.3 is 6.03 Å². The van der Waals surface area contributed by atoms with Gasteiger partial charge in [0.1, 0.15) is 18.0 Å². The maximum atomic E-state index is 13.4. The molecule has 3 aliphatic rings. The molecule has 0 aromatic heterocycles. The molecule has 0 bridgehead atoms. The highest BCUT2D eigenvalue weighted by Gasteiger charge is 2.50. The van der Waals surface area contributed by atoms with E-state index in [2.05, 4.69) is 12.2 Å². The number of rotatable bonds is 7. The summed E-state index contributed by atoms with van der Waals surface area (Å²) in [6.07, 6.45) is 3.55. The fraction of sp³-hybridized carbons (Fsp3) is 0.625. The molecule has 10 heteroatoms. The zero-order chi connectivity index (χ0) is 24.2. The van der Waals surface area contributed by atoms with Crippen LogP contribution in [0.5, 0.6) is 0 Å². The Balaban J connectivity index is 1.55. The van der Waals surface area contributed by atoms with Gasteiger partial charge in [-0.15, -0.1) is 0 Å². The Labute approximate surface area is 199 Å². The van der Waals surface area contributed by atoms with Gasteiger partial charge in [-0.3, -0.25) is 9.59 Å². The molecule has 1 N–H and O–H groups in total. The summed E-state index contributed by atoms with van der Waals surface area (Å²) in [7, 11) is 1.70. The van der Waals surface area contributed by atoms with Crippen LogP contribution < -0.4 is 5.32 Å². The van der Waals surface area contributed by atoms with E-state index in [1.807, 2.05) is 0 Å². The number of hydrogen-bond acceptors (Lipinski definition) is 5. The maximum absolute atomic E-state index is 13.4. The first-order valence-corrected chi connectivity index (χ1v) is 12.1. The highest BCUT2D eigenvalue weighted by atomic mass is 19.1. The summed E-state index contributed by atoms with van der Waals surface area (Å²) in [6.45, 7) is 3.69. The van der Waals surface area contributed by atoms with Gasteiger partial charge in [-0.2, -0.15) is 0 Å². The van der Waals surface area contributed by atoms with Crippen LogP contribution in [0.3, 0.4) is 0 Å². The van der Waals surface area contributed by atoms with Crippen molar-refractivity contribution in [2.75, 3.05) is 33.3 Å². The number of halogens is 1. The minimum atomic E-state index is -0.597. The monoisotopic (exact) mass is 475 g/mol. The fourth-order valence-electron chi connectivity index (χ4n) is 5.04. The molecule has 3 atom stereocenters. The number of nitrogens with one attached hydrogen (secondary N) is 1. The lowest BCUT2D eigenvalue weighted by Gasteiger charge is -2.54. The quantitative estimate of drug-likeness (QED) is 0.652. The zero-order valence-corrected chi connectivity index (χ0v) is 19.9. The average Bonchev–Trinajstić information content (AvgIpc) is 3.32. The van der Waals surface area contributed by atoms with E-state index in [0.29, 0.717) is 19.6 Å². The predicted molar refractivity (Wildman–Crippen MR) is 123 cm³/mol. The molecule has 3 aliphatic heterocycles. The van der Waals surface area contributed by atoms with Crippen LogP contribution in [-0.2, 0) is 20.9 Å². The normalized spacial score (nSPS) is 25.6. The van der Waals surface area contributed by atoms with Crippen molar-refractivity contribution in [2.45, 2.75) is 63.9 Å². The zero-order valence-electron chi connectivity index (χ0n) is 19.9. The number of amides is 4. The van der Waals surface area contributed by atoms with Crippen molar-refractivity contribution in [1.29, 1.82) is 0 Å². The summed E-state index contributed by atoms with van der Waals surface area (Å²) >= 11 is 0. The van der Waals surface area contributed by atoms with E-state index in [9.17, 15) is 18.8 Å². The lowest BCUT2D eigenvalue weighted by atomic mass is 10.0. The molecule has 0 aliphatic carbocycles. The van der Waals surface area contributed by atoms with Gasteiger partial charge in [-0.25, -0.2) is 19.2 Å². The molecule has 9 nitrogen and oxygen atoms in total. The minimum Gasteiger partial charge on any atom is -0.376 e. The number of urea groups is 1. The Kier molecular flexibility index (Phi) is 7.67. The fourth-order valence-corrected chi connectivity index (χ4v) is 5.04. The Morgan fingerprint density at radius 1 is 1.24 bits per heavy atom. The predicted octanol–water partition coefficient (Wildman–Crippen LogP) is 1.93. The van der Waals surface area contributed by atoms with Crippen molar-refractivity contribution in [1.82, 2.24) is 25.1 Å². The summed E-state index contributed by atoms with van der Waals surface area (Å²) in [6, 6.07) is 4.98. The van der Waals surface area contributed by atoms with Gasteiger partial charge in [0.25, 0.3) is 0 Å². The van der Waals surface area contributed by atoms with Crippen LogP contribution in [0.4, 0.5) is 9.18 Å². The molecule has 3 heterocycles. The lowest BCUT2D eigenvalue weighted by Crippen LogP contribution is -2.76. The third kappa shape index (κ3) is 5.17. The van der Waals surface area contributed by atoms with Crippen molar-refractivity contribution < 1.29 is 23.5 Å². The number of hydrazine groups is 1. The van der Waals surface area contributed by atoms with E-state index in [4.69, 9.17) is 4.74 Å². The number of nitrogens with zero attached hydrogens (tertiary/aromatic N) is 4. The number of piperazine rings is 1. The first-order chi connectivity index (χ1) is 16.4. The number of ether oxygens (including phenoxy) is 1. The van der Waals surface area contributed by atoms with E-state index in [0.717, 1.165) is 31.2 Å². The Morgan fingerprint density at radius 3 is 2.68 bits per heavy atom. The van der Waals surface area contributed by atoms with Gasteiger partial charge in [0.2, 0.25) is 11.8 Å². The van der Waals surface area contributed by atoms with Gasteiger partial charge in [0.05, 0.1) is 19.2 Å². The van der Waals surface area contributed by atoms with Crippen molar-refractivity contribution in [3.63, 3.8) is 0 Å². The van der Waals surface area contributed by atoms with Crippen molar-refractivity contribution in [3.05, 3.63) is 35.6 Å². The Morgan fingerprint density at radius 2 is 2.00 bits per heavy atom. The minimum absolute atomic E-state index is 0.0138. The van der Waals surface area contributed by atoms with Crippen molar-refractivity contribution >= 4 is 17.8 Å². The van der Waals surface area contributed by atoms with Crippen LogP contribution in [-0.4, -0.2) is 89.3 Å². The van der Waals surface area contributed by atoms with Crippen molar-refractivity contribution in [2.24, 2.45) is 0 Å². The number of unbranched alkanes of at least 4 members (excludes halogenated alkanes) is 1. The summed E-state index contributed by atoms with van der Waals surface area (Å²) in [5, 5.41) is 6.03. The smallest absolute Gasteiger partial charge is 0.334 e. The number of carbonyl (C=O) groups is 3. The van der Waals surface area contributed by atoms with Crippen LogP contribution in [0.15, 0.2) is 24.3 Å². The lowest BCUT2D eigenvalue weighted by molar-refractivity contribution is -0.188. The second kappa shape index (κ2) is 10.7. The van der Waals surface area contributed by atoms with E-state index in [1.54, 1.807) is 39.0 Å². The van der Waals surface area contributed by atoms with Gasteiger partial charge in [-0.05, 0) is 37.0 Å². The molecule has 0 saturated carbocycles. The summed E-state index contributed by atoms with van der Waals surface area (Å²) in [4.78, 5) is 43.2. The van der Waals surface area contributed by atoms with E-state index < -0.39 is 12.2 Å². The Bertz CT molecular complexity index is 892. The molecule has 1 aromatic carbocycles. The van der Waals surface area contributed by atoms with Crippen LogP contribution in [0.1, 0.15) is 44.6 Å². The molecular weight excluding hydrogens is 441 g/mol. The highest BCUT2D eigenvalue weighted by molar-refractivity contribution is 5.91. The molecule has 0 radical (unpaired) electrons. The molecule has 4 amide bonds. The average molecular weight is 476 g/mol. The molecule has 3 saturated heterocycles. The number of hydrogen-bond donors (Lipinski definition) is 1. The number of fused-ring (bicyclic) bond motifs is 1. The highest BCUT2D eigenvalue weighted by Crippen LogP contribution is 2.29. The van der Waals surface area contributed by atoms with Crippen molar-refractivity contribution in [3.8, 4) is 0 Å². The molecule has 186 valence electrons. The summed E-state index contributed by atoms with van der Waals surface area (Å²) in [5.74, 6) is -0.553. The van der Waals surface area contributed by atoms with Gasteiger partial charge < -0.3 is 19.9 Å². The molecule has 0 spiro atoms. The summed E-state index contributed by atoms with van der Waals surface area (Å²) in [5.41, 5.74) is 0.766. The number of benzene rings is 1. The first kappa shape index (κ1) is 24.4. The second-order valence-electron chi connectivity index (χ2n) is 9.26. The van der Waals surface area contributed by atoms with Crippen LogP contribution in [0.2, 0.25) is 0 Å². The number of likely N-dealkylation sites (N-methyl/N-ethyl adjacent to an activating group) is 1.